The van der Waals surface area contributed by atoms with Crippen LogP contribution in [0.4, 0.5) is 0 Å². The van der Waals surface area contributed by atoms with Crippen molar-refractivity contribution in [3.63, 3.8) is 0 Å². The predicted octanol–water partition coefficient (Wildman–Crippen LogP) is 5.44. The maximum atomic E-state index is 6.70. The van der Waals surface area contributed by atoms with Crippen molar-refractivity contribution in [1.29, 1.82) is 0 Å². The predicted molar refractivity (Wildman–Crippen MR) is 130 cm³/mol. The van der Waals surface area contributed by atoms with Gasteiger partial charge in [-0.2, -0.15) is 0 Å². The minimum Gasteiger partial charge on any atom is -0.487 e. The Labute approximate surface area is 188 Å². The topological polar surface area (TPSA) is 18.5 Å². The Bertz CT molecular complexity index is 1390. The zero-order chi connectivity index (χ0) is 21.8. The van der Waals surface area contributed by atoms with Crippen molar-refractivity contribution in [3.8, 4) is 5.75 Å². The lowest BCUT2D eigenvalue weighted by atomic mass is 9.82. The molecule has 0 fully saturated rings. The highest BCUT2D eigenvalue weighted by Gasteiger charge is 2.37. The van der Waals surface area contributed by atoms with E-state index >= 15 is 0 Å². The monoisotopic (exact) mass is 418 g/mol. The normalized spacial score (nSPS) is 17.7. The summed E-state index contributed by atoms with van der Waals surface area (Å²) in [7, 11) is 0. The lowest BCUT2D eigenvalue weighted by Crippen LogP contribution is -2.44. The second-order valence-corrected chi connectivity index (χ2v) is 9.39. The Kier molecular flexibility index (Phi) is 4.19. The van der Waals surface area contributed by atoms with E-state index in [0.29, 0.717) is 0 Å². The first kappa shape index (κ1) is 19.2. The third-order valence-electron chi connectivity index (χ3n) is 6.82. The molecule has 2 heterocycles. The Morgan fingerprint density at radius 2 is 1.28 bits per heavy atom. The molecule has 0 unspecified atom stereocenters. The van der Waals surface area contributed by atoms with Crippen molar-refractivity contribution in [2.75, 3.05) is 0 Å². The summed E-state index contributed by atoms with van der Waals surface area (Å²) in [4.78, 5) is 0. The second kappa shape index (κ2) is 7.00. The van der Waals surface area contributed by atoms with Crippen LogP contribution in [0.1, 0.15) is 37.0 Å². The van der Waals surface area contributed by atoms with Crippen LogP contribution >= 0.6 is 0 Å². The van der Waals surface area contributed by atoms with E-state index in [9.17, 15) is 0 Å². The highest BCUT2D eigenvalue weighted by atomic mass is 16.5. The van der Waals surface area contributed by atoms with Crippen LogP contribution < -0.4 is 15.2 Å². The van der Waals surface area contributed by atoms with E-state index in [1.807, 2.05) is 18.4 Å². The van der Waals surface area contributed by atoms with Gasteiger partial charge in [0.2, 0.25) is 0 Å². The van der Waals surface area contributed by atoms with Gasteiger partial charge in [-0.3, -0.25) is 0 Å². The van der Waals surface area contributed by atoms with Crippen LogP contribution in [0.25, 0.3) is 23.1 Å². The number of rotatable bonds is 2. The van der Waals surface area contributed by atoms with E-state index in [-0.39, 0.29) is 5.60 Å². The third-order valence-corrected chi connectivity index (χ3v) is 6.82. The van der Waals surface area contributed by atoms with Crippen LogP contribution in [0.5, 0.6) is 5.75 Å². The summed E-state index contributed by atoms with van der Waals surface area (Å²) in [5, 5.41) is 4.75. The maximum absolute atomic E-state index is 6.70. The molecule has 0 atom stereocenters. The molecule has 0 saturated carbocycles. The van der Waals surface area contributed by atoms with Gasteiger partial charge in [0.05, 0.1) is 6.26 Å². The summed E-state index contributed by atoms with van der Waals surface area (Å²) in [6.07, 6.45) is 6.26. The van der Waals surface area contributed by atoms with Gasteiger partial charge in [0.1, 0.15) is 11.4 Å². The molecule has 0 spiro atoms. The van der Waals surface area contributed by atoms with Gasteiger partial charge in [-0.1, -0.05) is 84.9 Å². The van der Waals surface area contributed by atoms with E-state index in [2.05, 4.69) is 92.7 Å². The molecule has 0 radical (unpaired) electrons. The molecule has 0 aliphatic carbocycles. The number of hydrogen-bond acceptors (Lipinski definition) is 2. The smallest absolute Gasteiger partial charge is 0.177 e. The molecule has 0 amide bonds. The van der Waals surface area contributed by atoms with Crippen LogP contribution in [0, 0.1) is 0 Å². The molecule has 4 aromatic carbocycles. The van der Waals surface area contributed by atoms with Gasteiger partial charge in [0, 0.05) is 27.3 Å². The second-order valence-electron chi connectivity index (χ2n) is 9.39. The molecule has 158 valence electrons. The minimum absolute atomic E-state index is 0.166. The van der Waals surface area contributed by atoms with Crippen LogP contribution in [-0.4, -0.2) is 5.60 Å². The quantitative estimate of drug-likeness (QED) is 0.432. The van der Waals surface area contributed by atoms with Gasteiger partial charge < -0.3 is 9.47 Å². The van der Waals surface area contributed by atoms with Gasteiger partial charge in [0.15, 0.2) is 5.60 Å². The first-order valence-corrected chi connectivity index (χ1v) is 11.3. The Hall–Kier alpha value is -3.52. The summed E-state index contributed by atoms with van der Waals surface area (Å²) < 4.78 is 13.2. The Balaban J connectivity index is 1.72. The van der Waals surface area contributed by atoms with Crippen molar-refractivity contribution in [2.24, 2.45) is 0 Å². The molecule has 0 N–H and O–H groups in total. The first-order valence-electron chi connectivity index (χ1n) is 11.3. The van der Waals surface area contributed by atoms with E-state index in [4.69, 9.17) is 9.47 Å². The molecule has 0 aromatic heterocycles. The summed E-state index contributed by atoms with van der Waals surface area (Å²) in [6.45, 7) is 4.35. The third kappa shape index (κ3) is 2.86. The zero-order valence-electron chi connectivity index (χ0n) is 18.5. The van der Waals surface area contributed by atoms with Crippen molar-refractivity contribution in [1.82, 2.24) is 0 Å². The molecule has 4 aromatic rings. The number of hydrogen-bond donors (Lipinski definition) is 0. The highest BCUT2D eigenvalue weighted by Crippen LogP contribution is 2.40. The van der Waals surface area contributed by atoms with Crippen LogP contribution in [0.15, 0.2) is 84.9 Å². The molecular weight excluding hydrogens is 392 g/mol. The highest BCUT2D eigenvalue weighted by molar-refractivity contribution is 5.92. The van der Waals surface area contributed by atoms with Gasteiger partial charge in [-0.15, -0.1) is 0 Å². The summed E-state index contributed by atoms with van der Waals surface area (Å²) >= 11 is 0. The van der Waals surface area contributed by atoms with E-state index in [0.717, 1.165) is 34.9 Å². The van der Waals surface area contributed by atoms with Crippen LogP contribution in [0.3, 0.4) is 0 Å². The summed E-state index contributed by atoms with van der Waals surface area (Å²) in [5.41, 5.74) is 2.64. The van der Waals surface area contributed by atoms with Gasteiger partial charge >= 0.3 is 0 Å². The molecule has 0 bridgehead atoms. The number of fused-ring (bicyclic) bond motifs is 6. The summed E-state index contributed by atoms with van der Waals surface area (Å²) in [6, 6.07) is 29.6. The SMILES string of the molecule is CC1(C)CCc2c(c3ccccc3c3c2=COC(c2ccccc2)(c2ccccc2)C=3)O1. The molecule has 0 saturated heterocycles. The molecule has 2 aliphatic heterocycles. The maximum Gasteiger partial charge on any atom is 0.177 e. The fourth-order valence-corrected chi connectivity index (χ4v) is 5.15. The van der Waals surface area contributed by atoms with Gasteiger partial charge in [-0.05, 0) is 43.4 Å². The summed E-state index contributed by atoms with van der Waals surface area (Å²) in [5.74, 6) is 1.01. The van der Waals surface area contributed by atoms with Crippen molar-refractivity contribution >= 4 is 23.1 Å². The Morgan fingerprint density at radius 3 is 1.94 bits per heavy atom. The van der Waals surface area contributed by atoms with Gasteiger partial charge in [-0.25, -0.2) is 0 Å². The molecule has 6 rings (SSSR count). The molecule has 2 nitrogen and oxygen atoms in total. The molecular formula is C30H26O2. The van der Waals surface area contributed by atoms with Gasteiger partial charge in [0.25, 0.3) is 0 Å². The number of ether oxygens (including phenoxy) is 2. The molecule has 2 aliphatic rings. The lowest BCUT2D eigenvalue weighted by Gasteiger charge is -2.36. The van der Waals surface area contributed by atoms with E-state index in [1.165, 1.54) is 21.6 Å². The molecule has 2 heteroatoms. The van der Waals surface area contributed by atoms with Crippen LogP contribution in [-0.2, 0) is 16.8 Å². The molecule has 32 heavy (non-hydrogen) atoms. The first-order chi connectivity index (χ1) is 15.6. The zero-order valence-corrected chi connectivity index (χ0v) is 18.5. The fraction of sp³-hybridized carbons (Fsp3) is 0.200. The standard InChI is InChI=1S/C30H26O2/c1-29(2)18-17-25-27-20-31-30(21-11-5-3-6-12-21,22-13-7-4-8-14-22)19-26(27)23-15-9-10-16-24(23)28(25)32-29/h3-16,19-20H,17-18H2,1-2H3. The average molecular weight is 419 g/mol. The fourth-order valence-electron chi connectivity index (χ4n) is 5.15. The lowest BCUT2D eigenvalue weighted by molar-refractivity contribution is 0.0860. The number of benzene rings is 4. The van der Waals surface area contributed by atoms with Crippen molar-refractivity contribution < 1.29 is 9.47 Å². The van der Waals surface area contributed by atoms with E-state index < -0.39 is 5.60 Å². The average Bonchev–Trinajstić information content (AvgIpc) is 2.84. The largest absolute Gasteiger partial charge is 0.487 e. The van der Waals surface area contributed by atoms with Crippen molar-refractivity contribution in [2.45, 2.75) is 37.9 Å². The minimum atomic E-state index is -0.679. The Morgan fingerprint density at radius 1 is 0.688 bits per heavy atom. The van der Waals surface area contributed by atoms with Crippen molar-refractivity contribution in [3.05, 3.63) is 112 Å². The van der Waals surface area contributed by atoms with Crippen LogP contribution in [0.2, 0.25) is 0 Å². The van der Waals surface area contributed by atoms with E-state index in [1.54, 1.807) is 0 Å².